The molecule has 0 spiro atoms. The van der Waals surface area contributed by atoms with Gasteiger partial charge in [-0.05, 0) is 36.6 Å². The molecule has 1 amide bonds. The van der Waals surface area contributed by atoms with Crippen LogP contribution in [0.1, 0.15) is 18.4 Å². The lowest BCUT2D eigenvalue weighted by Crippen LogP contribution is -2.49. The number of nitrogens with zero attached hydrogens (tertiary/aromatic N) is 5. The van der Waals surface area contributed by atoms with Crippen molar-refractivity contribution in [2.24, 2.45) is 0 Å². The zero-order chi connectivity index (χ0) is 19.6. The first kappa shape index (κ1) is 18.0. The van der Waals surface area contributed by atoms with E-state index in [0.29, 0.717) is 19.5 Å². The molecule has 5 rings (SSSR count). The summed E-state index contributed by atoms with van der Waals surface area (Å²) < 4.78 is 10.7. The van der Waals surface area contributed by atoms with Crippen LogP contribution in [0.4, 0.5) is 11.8 Å². The van der Waals surface area contributed by atoms with E-state index in [2.05, 4.69) is 14.8 Å². The molecule has 3 aliphatic rings. The van der Waals surface area contributed by atoms with E-state index in [9.17, 15) is 4.79 Å². The monoisotopic (exact) mass is 395 g/mol. The van der Waals surface area contributed by atoms with Crippen LogP contribution in [-0.4, -0.2) is 66.8 Å². The van der Waals surface area contributed by atoms with Crippen molar-refractivity contribution in [1.29, 1.82) is 0 Å². The van der Waals surface area contributed by atoms with E-state index < -0.39 is 0 Å². The highest BCUT2D eigenvalue weighted by molar-refractivity contribution is 5.79. The Kier molecular flexibility index (Phi) is 4.83. The van der Waals surface area contributed by atoms with Gasteiger partial charge in [-0.15, -0.1) is 0 Å². The van der Waals surface area contributed by atoms with Crippen molar-refractivity contribution in [3.63, 3.8) is 0 Å². The van der Waals surface area contributed by atoms with Crippen LogP contribution in [0.5, 0.6) is 11.5 Å². The second-order valence-electron chi connectivity index (χ2n) is 7.64. The molecular formula is C21H25N5O3. The Hall–Kier alpha value is -3.03. The third kappa shape index (κ3) is 3.79. The molecule has 29 heavy (non-hydrogen) atoms. The summed E-state index contributed by atoms with van der Waals surface area (Å²) in [6.45, 7) is 5.28. The van der Waals surface area contributed by atoms with Crippen molar-refractivity contribution in [2.75, 3.05) is 55.9 Å². The number of benzene rings is 1. The van der Waals surface area contributed by atoms with Gasteiger partial charge in [0, 0.05) is 45.5 Å². The van der Waals surface area contributed by atoms with E-state index >= 15 is 0 Å². The number of amides is 1. The van der Waals surface area contributed by atoms with E-state index in [4.69, 9.17) is 14.5 Å². The summed E-state index contributed by atoms with van der Waals surface area (Å²) in [6.07, 6.45) is 4.63. The molecule has 8 heteroatoms. The molecule has 0 radical (unpaired) electrons. The van der Waals surface area contributed by atoms with Crippen LogP contribution < -0.4 is 19.3 Å². The van der Waals surface area contributed by atoms with Gasteiger partial charge in [0.2, 0.25) is 18.6 Å². The minimum atomic E-state index is 0.143. The lowest BCUT2D eigenvalue weighted by Gasteiger charge is -2.35. The van der Waals surface area contributed by atoms with Crippen molar-refractivity contribution < 1.29 is 14.3 Å². The summed E-state index contributed by atoms with van der Waals surface area (Å²) in [6, 6.07) is 7.67. The zero-order valence-corrected chi connectivity index (χ0v) is 16.4. The molecule has 0 aliphatic carbocycles. The molecule has 4 heterocycles. The molecule has 1 aromatic heterocycles. The molecule has 2 saturated heterocycles. The standard InChI is InChI=1S/C21H25N5O3/c27-20(14-16-3-4-17-18(13-16)29-15-28-17)25-11-9-24(10-12-25)19-5-6-22-21(23-19)26-7-1-2-8-26/h3-6,13H,1-2,7-12,14-15H2. The van der Waals surface area contributed by atoms with Crippen molar-refractivity contribution in [1.82, 2.24) is 14.9 Å². The van der Waals surface area contributed by atoms with Gasteiger partial charge in [-0.25, -0.2) is 4.98 Å². The molecule has 0 atom stereocenters. The number of hydrogen-bond donors (Lipinski definition) is 0. The SMILES string of the molecule is O=C(Cc1ccc2c(c1)OCO2)N1CCN(c2ccnc(N3CCCC3)n2)CC1. The van der Waals surface area contributed by atoms with E-state index in [-0.39, 0.29) is 12.7 Å². The average molecular weight is 395 g/mol. The Morgan fingerprint density at radius 1 is 0.931 bits per heavy atom. The highest BCUT2D eigenvalue weighted by Gasteiger charge is 2.24. The van der Waals surface area contributed by atoms with Crippen molar-refractivity contribution in [3.8, 4) is 11.5 Å². The number of hydrogen-bond acceptors (Lipinski definition) is 7. The average Bonchev–Trinajstić information content (AvgIpc) is 3.46. The second kappa shape index (κ2) is 7.77. The van der Waals surface area contributed by atoms with E-state index in [0.717, 1.165) is 55.0 Å². The maximum atomic E-state index is 12.7. The number of rotatable bonds is 4. The zero-order valence-electron chi connectivity index (χ0n) is 16.4. The summed E-state index contributed by atoms with van der Waals surface area (Å²) in [7, 11) is 0. The topological polar surface area (TPSA) is 71.0 Å². The minimum Gasteiger partial charge on any atom is -0.454 e. The first-order chi connectivity index (χ1) is 14.3. The molecule has 1 aromatic carbocycles. The van der Waals surface area contributed by atoms with Gasteiger partial charge < -0.3 is 24.2 Å². The number of carbonyl (C=O) groups excluding carboxylic acids is 1. The molecule has 0 unspecified atom stereocenters. The van der Waals surface area contributed by atoms with Crippen LogP contribution in [0, 0.1) is 0 Å². The summed E-state index contributed by atoms with van der Waals surface area (Å²) in [5.41, 5.74) is 0.952. The fourth-order valence-corrected chi connectivity index (χ4v) is 4.11. The third-order valence-electron chi connectivity index (χ3n) is 5.77. The maximum Gasteiger partial charge on any atom is 0.231 e. The lowest BCUT2D eigenvalue weighted by atomic mass is 10.1. The van der Waals surface area contributed by atoms with Crippen LogP contribution in [0.3, 0.4) is 0 Å². The van der Waals surface area contributed by atoms with E-state index in [1.807, 2.05) is 35.4 Å². The van der Waals surface area contributed by atoms with E-state index in [1.165, 1.54) is 12.8 Å². The summed E-state index contributed by atoms with van der Waals surface area (Å²) in [5.74, 6) is 3.38. The Bertz CT molecular complexity index is 892. The van der Waals surface area contributed by atoms with Crippen molar-refractivity contribution in [2.45, 2.75) is 19.3 Å². The van der Waals surface area contributed by atoms with Crippen LogP contribution in [0.2, 0.25) is 0 Å². The minimum absolute atomic E-state index is 0.143. The Labute approximate surface area is 170 Å². The molecule has 0 saturated carbocycles. The molecule has 8 nitrogen and oxygen atoms in total. The Balaban J connectivity index is 1.18. The molecule has 3 aliphatic heterocycles. The number of fused-ring (bicyclic) bond motifs is 1. The fraction of sp³-hybridized carbons (Fsp3) is 0.476. The highest BCUT2D eigenvalue weighted by Crippen LogP contribution is 2.32. The number of carbonyl (C=O) groups is 1. The molecule has 0 bridgehead atoms. The van der Waals surface area contributed by atoms with E-state index in [1.54, 1.807) is 0 Å². The first-order valence-corrected chi connectivity index (χ1v) is 10.3. The van der Waals surface area contributed by atoms with Gasteiger partial charge in [-0.3, -0.25) is 4.79 Å². The second-order valence-corrected chi connectivity index (χ2v) is 7.64. The number of anilines is 2. The molecule has 2 aromatic rings. The molecule has 152 valence electrons. The van der Waals surface area contributed by atoms with Crippen LogP contribution in [0.15, 0.2) is 30.5 Å². The molecular weight excluding hydrogens is 370 g/mol. The Morgan fingerprint density at radius 2 is 1.72 bits per heavy atom. The van der Waals surface area contributed by atoms with Crippen molar-refractivity contribution >= 4 is 17.7 Å². The summed E-state index contributed by atoms with van der Waals surface area (Å²) in [5, 5.41) is 0. The summed E-state index contributed by atoms with van der Waals surface area (Å²) >= 11 is 0. The summed E-state index contributed by atoms with van der Waals surface area (Å²) in [4.78, 5) is 28.4. The van der Waals surface area contributed by atoms with Crippen LogP contribution in [0.25, 0.3) is 0 Å². The highest BCUT2D eigenvalue weighted by atomic mass is 16.7. The molecule has 0 N–H and O–H groups in total. The largest absolute Gasteiger partial charge is 0.454 e. The lowest BCUT2D eigenvalue weighted by molar-refractivity contribution is -0.130. The third-order valence-corrected chi connectivity index (χ3v) is 5.77. The number of ether oxygens (including phenoxy) is 2. The number of piperazine rings is 1. The molecule has 2 fully saturated rings. The van der Waals surface area contributed by atoms with Gasteiger partial charge >= 0.3 is 0 Å². The quantitative estimate of drug-likeness (QED) is 0.780. The van der Waals surface area contributed by atoms with Crippen LogP contribution in [-0.2, 0) is 11.2 Å². The Morgan fingerprint density at radius 3 is 2.55 bits per heavy atom. The van der Waals surface area contributed by atoms with Crippen molar-refractivity contribution in [3.05, 3.63) is 36.0 Å². The predicted octanol–water partition coefficient (Wildman–Crippen LogP) is 1.70. The fourth-order valence-electron chi connectivity index (χ4n) is 4.11. The maximum absolute atomic E-state index is 12.7. The first-order valence-electron chi connectivity index (χ1n) is 10.3. The van der Waals surface area contributed by atoms with Gasteiger partial charge in [0.1, 0.15) is 5.82 Å². The predicted molar refractivity (Wildman–Crippen MR) is 109 cm³/mol. The van der Waals surface area contributed by atoms with Gasteiger partial charge in [0.15, 0.2) is 11.5 Å². The van der Waals surface area contributed by atoms with Gasteiger partial charge in [-0.2, -0.15) is 4.98 Å². The normalized spacial score (nSPS) is 18.4. The number of aromatic nitrogens is 2. The van der Waals surface area contributed by atoms with Gasteiger partial charge in [-0.1, -0.05) is 6.07 Å². The smallest absolute Gasteiger partial charge is 0.231 e. The van der Waals surface area contributed by atoms with Crippen LogP contribution >= 0.6 is 0 Å². The van der Waals surface area contributed by atoms with Gasteiger partial charge in [0.25, 0.3) is 0 Å². The van der Waals surface area contributed by atoms with Gasteiger partial charge in [0.05, 0.1) is 6.42 Å².